The second-order valence-corrected chi connectivity index (χ2v) is 10.7. The molecule has 0 N–H and O–H groups in total. The molecule has 25 heavy (non-hydrogen) atoms. The van der Waals surface area contributed by atoms with Crippen LogP contribution in [0.25, 0.3) is 5.69 Å². The Bertz CT molecular complexity index is 953. The first-order valence-electron chi connectivity index (χ1n) is 6.85. The molecule has 0 atom stereocenters. The number of nitro benzene ring substituents is 1. The maximum Gasteiger partial charge on any atom is 0.373 e. The molecule has 0 saturated heterocycles. The fourth-order valence-electron chi connectivity index (χ4n) is 1.75. The molecule has 1 aromatic carbocycles. The van der Waals surface area contributed by atoms with Crippen LogP contribution in [0.1, 0.15) is 12.1 Å². The van der Waals surface area contributed by atoms with Crippen LogP contribution in [0.3, 0.4) is 0 Å². The smallest absolute Gasteiger partial charge is 0.258 e. The van der Waals surface area contributed by atoms with Gasteiger partial charge in [-0.25, -0.2) is 9.18 Å². The average Bonchev–Trinajstić information content (AvgIpc) is 2.86. The number of benzene rings is 1. The van der Waals surface area contributed by atoms with E-state index in [1.165, 1.54) is 0 Å². The number of alkyl halides is 2. The molecule has 0 bridgehead atoms. The Hall–Kier alpha value is -2.94. The number of aromatic nitrogens is 4. The van der Waals surface area contributed by atoms with E-state index in [1.807, 2.05) is 19.6 Å². The quantitative estimate of drug-likeness (QED) is 0.356. The lowest BCUT2D eigenvalue weighted by atomic mass is 10.1. The van der Waals surface area contributed by atoms with Crippen molar-refractivity contribution in [1.29, 1.82) is 0 Å². The summed E-state index contributed by atoms with van der Waals surface area (Å²) in [6.45, 7) is 2.43. The normalized spacial score (nSPS) is 11.3. The highest BCUT2D eigenvalue weighted by molar-refractivity contribution is 6.83. The van der Waals surface area contributed by atoms with Gasteiger partial charge in [-0.3, -0.25) is 10.1 Å². The van der Waals surface area contributed by atoms with Crippen LogP contribution in [0.4, 0.5) is 18.9 Å². The van der Waals surface area contributed by atoms with Crippen LogP contribution >= 0.6 is 0 Å². The van der Waals surface area contributed by atoms with Gasteiger partial charge in [-0.05, 0) is 16.5 Å². The number of nitro groups is 1. The Balaban J connectivity index is 2.67. The average molecular weight is 371 g/mol. The number of hydrogen-bond donors (Lipinski definition) is 0. The minimum atomic E-state index is -3.28. The van der Waals surface area contributed by atoms with Crippen molar-refractivity contribution in [3.63, 3.8) is 0 Å². The van der Waals surface area contributed by atoms with E-state index in [-0.39, 0.29) is 14.9 Å². The van der Waals surface area contributed by atoms with Gasteiger partial charge in [0.15, 0.2) is 5.82 Å². The van der Waals surface area contributed by atoms with Crippen LogP contribution < -0.4 is 5.69 Å². The Morgan fingerprint density at radius 1 is 1.28 bits per heavy atom. The molecule has 2 rings (SSSR count). The number of halogens is 3. The van der Waals surface area contributed by atoms with Crippen molar-refractivity contribution in [3.8, 4) is 17.2 Å². The van der Waals surface area contributed by atoms with E-state index in [0.717, 1.165) is 12.1 Å². The summed E-state index contributed by atoms with van der Waals surface area (Å²) < 4.78 is 39.4. The summed E-state index contributed by atoms with van der Waals surface area (Å²) in [6.07, 6.45) is 0. The second-order valence-electron chi connectivity index (χ2n) is 5.97. The van der Waals surface area contributed by atoms with Crippen LogP contribution in [-0.2, 0) is 0 Å². The van der Waals surface area contributed by atoms with Crippen LogP contribution in [0.2, 0.25) is 19.6 Å². The van der Waals surface area contributed by atoms with E-state index in [2.05, 4.69) is 21.9 Å². The van der Waals surface area contributed by atoms with E-state index in [1.54, 1.807) is 0 Å². The summed E-state index contributed by atoms with van der Waals surface area (Å²) in [7, 11) is -1.88. The summed E-state index contributed by atoms with van der Waals surface area (Å²) in [5.74, 6) is 1.50. The summed E-state index contributed by atoms with van der Waals surface area (Å²) in [5.41, 5.74) is 0.0303. The molecule has 0 aliphatic carbocycles. The first kappa shape index (κ1) is 18.4. The number of rotatable bonds is 3. The third-order valence-corrected chi connectivity index (χ3v) is 3.73. The minimum absolute atomic E-state index is 0.178. The molecule has 0 aliphatic heterocycles. The molecule has 0 amide bonds. The van der Waals surface area contributed by atoms with Gasteiger partial charge in [-0.15, -0.1) is 10.2 Å². The molecule has 0 radical (unpaired) electrons. The minimum Gasteiger partial charge on any atom is -0.258 e. The van der Waals surface area contributed by atoms with Crippen LogP contribution in [0.15, 0.2) is 16.9 Å². The Morgan fingerprint density at radius 3 is 2.40 bits per heavy atom. The number of nitrogens with zero attached hydrogens (tertiary/aromatic N) is 5. The molecule has 8 nitrogen and oxygen atoms in total. The van der Waals surface area contributed by atoms with Gasteiger partial charge < -0.3 is 0 Å². The van der Waals surface area contributed by atoms with Crippen LogP contribution in [-0.4, -0.2) is 32.8 Å². The van der Waals surface area contributed by atoms with Crippen molar-refractivity contribution in [3.05, 3.63) is 44.1 Å². The van der Waals surface area contributed by atoms with E-state index in [0.29, 0.717) is 0 Å². The lowest BCUT2D eigenvalue weighted by Crippen LogP contribution is -2.25. The molecule has 0 spiro atoms. The van der Waals surface area contributed by atoms with Crippen LogP contribution in [0.5, 0.6) is 0 Å². The van der Waals surface area contributed by atoms with E-state index in [4.69, 9.17) is 0 Å². The summed E-state index contributed by atoms with van der Waals surface area (Å²) in [5, 5.41) is 17.3. The third-order valence-electron chi connectivity index (χ3n) is 2.85. The fourth-order valence-corrected chi connectivity index (χ4v) is 2.26. The predicted octanol–water partition coefficient (Wildman–Crippen LogP) is 2.10. The van der Waals surface area contributed by atoms with Gasteiger partial charge in [0, 0.05) is 6.07 Å². The SMILES string of the molecule is C[Si](C)(C)C#Cc1cc(F)c(-n2nnn(C(F)F)c2=O)cc1[N+](=O)[O-]. The number of hydrogen-bond acceptors (Lipinski definition) is 5. The first-order chi connectivity index (χ1) is 11.5. The molecule has 1 heterocycles. The molecule has 0 saturated carbocycles. The largest absolute Gasteiger partial charge is 0.373 e. The molecule has 12 heteroatoms. The maximum atomic E-state index is 14.3. The van der Waals surface area contributed by atoms with Crippen molar-refractivity contribution >= 4 is 13.8 Å². The van der Waals surface area contributed by atoms with Crippen molar-refractivity contribution < 1.29 is 18.1 Å². The topological polar surface area (TPSA) is 95.8 Å². The first-order valence-corrected chi connectivity index (χ1v) is 10.4. The van der Waals surface area contributed by atoms with Gasteiger partial charge in [-0.1, -0.05) is 25.6 Å². The van der Waals surface area contributed by atoms with E-state index >= 15 is 0 Å². The van der Waals surface area contributed by atoms with Gasteiger partial charge >= 0.3 is 12.2 Å². The highest BCUT2D eigenvalue weighted by Gasteiger charge is 2.23. The molecule has 0 unspecified atom stereocenters. The van der Waals surface area contributed by atoms with Crippen molar-refractivity contribution in [1.82, 2.24) is 19.8 Å². The monoisotopic (exact) mass is 371 g/mol. The summed E-state index contributed by atoms with van der Waals surface area (Å²) in [4.78, 5) is 22.2. The molecule has 2 aromatic rings. The summed E-state index contributed by atoms with van der Waals surface area (Å²) >= 11 is 0. The van der Waals surface area contributed by atoms with Crippen molar-refractivity contribution in [2.75, 3.05) is 0 Å². The lowest BCUT2D eigenvalue weighted by molar-refractivity contribution is -0.385. The number of tetrazole rings is 1. The van der Waals surface area contributed by atoms with Crippen molar-refractivity contribution in [2.45, 2.75) is 26.2 Å². The van der Waals surface area contributed by atoms with Crippen molar-refractivity contribution in [2.24, 2.45) is 0 Å². The fraction of sp³-hybridized carbons (Fsp3) is 0.308. The van der Waals surface area contributed by atoms with Crippen LogP contribution in [0, 0.1) is 27.4 Å². The zero-order chi connectivity index (χ0) is 18.9. The summed E-state index contributed by atoms with van der Waals surface area (Å²) in [6, 6.07) is 1.49. The zero-order valence-electron chi connectivity index (χ0n) is 13.3. The Kier molecular flexibility index (Phi) is 4.79. The van der Waals surface area contributed by atoms with E-state index < -0.39 is 42.4 Å². The Labute approximate surface area is 140 Å². The van der Waals surface area contributed by atoms with Gasteiger partial charge in [0.2, 0.25) is 0 Å². The molecular formula is C13H12F3N5O3Si. The highest BCUT2D eigenvalue weighted by Crippen LogP contribution is 2.24. The van der Waals surface area contributed by atoms with Gasteiger partial charge in [0.1, 0.15) is 19.3 Å². The standard InChI is InChI=1S/C13H12F3N5O3Si/c1-25(2,3)5-4-8-6-9(14)11(7-10(8)21(23)24)19-13(22)20(12(15)16)18-17-19/h6-7,12H,1-3H3. The molecule has 132 valence electrons. The molecular weight excluding hydrogens is 359 g/mol. The van der Waals surface area contributed by atoms with Gasteiger partial charge in [-0.2, -0.15) is 13.5 Å². The second kappa shape index (κ2) is 6.52. The lowest BCUT2D eigenvalue weighted by Gasteiger charge is -2.05. The van der Waals surface area contributed by atoms with Gasteiger partial charge in [0.05, 0.1) is 4.92 Å². The maximum absolute atomic E-state index is 14.3. The third kappa shape index (κ3) is 3.94. The van der Waals surface area contributed by atoms with E-state index in [9.17, 15) is 28.1 Å². The Morgan fingerprint density at radius 2 is 1.92 bits per heavy atom. The van der Waals surface area contributed by atoms with Gasteiger partial charge in [0.25, 0.3) is 5.69 Å². The molecule has 1 aromatic heterocycles. The zero-order valence-corrected chi connectivity index (χ0v) is 14.3. The molecule has 0 aliphatic rings. The predicted molar refractivity (Wildman–Crippen MR) is 83.7 cm³/mol. The highest BCUT2D eigenvalue weighted by atomic mass is 28.3. The molecule has 0 fully saturated rings.